The number of rotatable bonds is 5. The summed E-state index contributed by atoms with van der Waals surface area (Å²) in [4.78, 5) is 24.7. The second-order valence-electron chi connectivity index (χ2n) is 4.99. The van der Waals surface area contributed by atoms with Crippen molar-refractivity contribution < 1.29 is 19.4 Å². The number of ether oxygens (including phenoxy) is 1. The van der Waals surface area contributed by atoms with Gasteiger partial charge in [0, 0.05) is 6.54 Å². The maximum Gasteiger partial charge on any atom is 0.323 e. The average Bonchev–Trinajstić information content (AvgIpc) is 2.88. The third-order valence-corrected chi connectivity index (χ3v) is 3.67. The third kappa shape index (κ3) is 3.36. The minimum absolute atomic E-state index is 0.00685. The highest BCUT2D eigenvalue weighted by Gasteiger charge is 2.31. The molecule has 1 aromatic carbocycles. The molecule has 1 N–H and O–H groups in total. The monoisotopic (exact) mass is 277 g/mol. The van der Waals surface area contributed by atoms with Gasteiger partial charge < -0.3 is 9.84 Å². The molecule has 0 spiro atoms. The van der Waals surface area contributed by atoms with Crippen LogP contribution in [0.5, 0.6) is 0 Å². The summed E-state index contributed by atoms with van der Waals surface area (Å²) in [5.74, 6) is -1.05. The number of hydrogen-bond acceptors (Lipinski definition) is 4. The summed E-state index contributed by atoms with van der Waals surface area (Å²) in [6, 6.07) is 7.27. The Bertz CT molecular complexity index is 500. The average molecular weight is 277 g/mol. The zero-order valence-electron chi connectivity index (χ0n) is 11.5. The standard InChI is InChI=1S/C15H19NO4/c1-20-15(19)13-7-4-8-16(13)10-12-6-3-2-5-11(12)9-14(17)18/h2-3,5-6,13H,4,7-10H2,1H3,(H,17,18). The number of carbonyl (C=O) groups is 2. The van der Waals surface area contributed by atoms with Gasteiger partial charge in [-0.05, 0) is 30.5 Å². The van der Waals surface area contributed by atoms with Crippen LogP contribution in [0.4, 0.5) is 0 Å². The van der Waals surface area contributed by atoms with Crippen LogP contribution in [0.1, 0.15) is 24.0 Å². The normalized spacial score (nSPS) is 18.9. The van der Waals surface area contributed by atoms with Gasteiger partial charge in [-0.2, -0.15) is 0 Å². The lowest BCUT2D eigenvalue weighted by Crippen LogP contribution is -2.36. The first-order valence-corrected chi connectivity index (χ1v) is 6.72. The van der Waals surface area contributed by atoms with Gasteiger partial charge in [0.1, 0.15) is 6.04 Å². The largest absolute Gasteiger partial charge is 0.481 e. The van der Waals surface area contributed by atoms with Gasteiger partial charge >= 0.3 is 11.9 Å². The molecule has 108 valence electrons. The molecule has 1 saturated heterocycles. The molecule has 20 heavy (non-hydrogen) atoms. The van der Waals surface area contributed by atoms with Crippen molar-refractivity contribution >= 4 is 11.9 Å². The van der Waals surface area contributed by atoms with Gasteiger partial charge in [-0.3, -0.25) is 14.5 Å². The molecule has 0 aromatic heterocycles. The van der Waals surface area contributed by atoms with Gasteiger partial charge in [0.25, 0.3) is 0 Å². The van der Waals surface area contributed by atoms with Gasteiger partial charge in [0.05, 0.1) is 13.5 Å². The number of carboxylic acid groups (broad SMARTS) is 1. The Morgan fingerprint density at radius 2 is 2.05 bits per heavy atom. The van der Waals surface area contributed by atoms with E-state index < -0.39 is 5.97 Å². The fourth-order valence-corrected chi connectivity index (χ4v) is 2.68. The molecule has 1 aromatic rings. The topological polar surface area (TPSA) is 66.8 Å². The Kier molecular flexibility index (Phi) is 4.74. The molecule has 0 aliphatic carbocycles. The van der Waals surface area contributed by atoms with E-state index in [2.05, 4.69) is 4.90 Å². The van der Waals surface area contributed by atoms with Crippen molar-refractivity contribution in [3.63, 3.8) is 0 Å². The van der Waals surface area contributed by atoms with Gasteiger partial charge in [-0.1, -0.05) is 24.3 Å². The number of carbonyl (C=O) groups excluding carboxylic acids is 1. The van der Waals surface area contributed by atoms with Crippen LogP contribution >= 0.6 is 0 Å². The van der Waals surface area contributed by atoms with Crippen molar-refractivity contribution in [1.29, 1.82) is 0 Å². The maximum atomic E-state index is 11.7. The number of likely N-dealkylation sites (tertiary alicyclic amines) is 1. The van der Waals surface area contributed by atoms with Crippen molar-refractivity contribution in [1.82, 2.24) is 4.90 Å². The van der Waals surface area contributed by atoms with E-state index in [0.29, 0.717) is 6.54 Å². The lowest BCUT2D eigenvalue weighted by molar-refractivity contribution is -0.146. The van der Waals surface area contributed by atoms with Gasteiger partial charge in [-0.15, -0.1) is 0 Å². The first-order valence-electron chi connectivity index (χ1n) is 6.72. The number of benzene rings is 1. The Labute approximate surface area is 118 Å². The van der Waals surface area contributed by atoms with Crippen LogP contribution in [-0.2, 0) is 27.3 Å². The molecule has 0 radical (unpaired) electrons. The molecular formula is C15H19NO4. The summed E-state index contributed by atoms with van der Waals surface area (Å²) in [6.45, 7) is 1.42. The quantitative estimate of drug-likeness (QED) is 0.825. The predicted octanol–water partition coefficient (Wildman–Crippen LogP) is 1.45. The summed E-state index contributed by atoms with van der Waals surface area (Å²) in [5.41, 5.74) is 1.77. The second-order valence-corrected chi connectivity index (χ2v) is 4.99. The first kappa shape index (κ1) is 14.5. The predicted molar refractivity (Wildman–Crippen MR) is 73.2 cm³/mol. The van der Waals surface area contributed by atoms with E-state index in [9.17, 15) is 9.59 Å². The zero-order chi connectivity index (χ0) is 14.5. The molecule has 1 heterocycles. The molecule has 1 unspecified atom stereocenters. The molecule has 1 fully saturated rings. The molecular weight excluding hydrogens is 258 g/mol. The maximum absolute atomic E-state index is 11.7. The van der Waals surface area contributed by atoms with Crippen LogP contribution in [0.2, 0.25) is 0 Å². The zero-order valence-corrected chi connectivity index (χ0v) is 11.5. The highest BCUT2D eigenvalue weighted by molar-refractivity contribution is 5.76. The molecule has 0 amide bonds. The number of esters is 1. The Morgan fingerprint density at radius 3 is 2.70 bits per heavy atom. The van der Waals surface area contributed by atoms with E-state index in [-0.39, 0.29) is 18.4 Å². The number of carboxylic acids is 1. The smallest absolute Gasteiger partial charge is 0.323 e. The number of methoxy groups -OCH3 is 1. The molecule has 1 atom stereocenters. The van der Waals surface area contributed by atoms with Crippen molar-refractivity contribution in [2.75, 3.05) is 13.7 Å². The Hall–Kier alpha value is -1.88. The highest BCUT2D eigenvalue weighted by Crippen LogP contribution is 2.22. The minimum atomic E-state index is -0.844. The van der Waals surface area contributed by atoms with E-state index in [0.717, 1.165) is 30.5 Å². The summed E-state index contributed by atoms with van der Waals surface area (Å²) in [5, 5.41) is 8.94. The Balaban J connectivity index is 2.13. The lowest BCUT2D eigenvalue weighted by atomic mass is 10.0. The van der Waals surface area contributed by atoms with E-state index in [4.69, 9.17) is 9.84 Å². The Morgan fingerprint density at radius 1 is 1.35 bits per heavy atom. The lowest BCUT2D eigenvalue weighted by Gasteiger charge is -2.23. The third-order valence-electron chi connectivity index (χ3n) is 3.67. The van der Waals surface area contributed by atoms with Crippen LogP contribution in [-0.4, -0.2) is 41.6 Å². The SMILES string of the molecule is COC(=O)C1CCCN1Cc1ccccc1CC(=O)O. The van der Waals surface area contributed by atoms with Crippen molar-refractivity contribution in [3.8, 4) is 0 Å². The van der Waals surface area contributed by atoms with Crippen molar-refractivity contribution in [3.05, 3.63) is 35.4 Å². The summed E-state index contributed by atoms with van der Waals surface area (Å²) in [7, 11) is 1.40. The van der Waals surface area contributed by atoms with Crippen LogP contribution in [0.15, 0.2) is 24.3 Å². The van der Waals surface area contributed by atoms with Crippen LogP contribution < -0.4 is 0 Å². The van der Waals surface area contributed by atoms with Crippen LogP contribution in [0.25, 0.3) is 0 Å². The fourth-order valence-electron chi connectivity index (χ4n) is 2.68. The number of nitrogens with zero attached hydrogens (tertiary/aromatic N) is 1. The van der Waals surface area contributed by atoms with Gasteiger partial charge in [0.2, 0.25) is 0 Å². The molecule has 2 rings (SSSR count). The summed E-state index contributed by atoms with van der Waals surface area (Å²) in [6.07, 6.45) is 1.77. The molecule has 0 bridgehead atoms. The van der Waals surface area contributed by atoms with E-state index in [1.807, 2.05) is 24.3 Å². The highest BCUT2D eigenvalue weighted by atomic mass is 16.5. The van der Waals surface area contributed by atoms with E-state index in [1.165, 1.54) is 7.11 Å². The first-order chi connectivity index (χ1) is 9.61. The second kappa shape index (κ2) is 6.52. The van der Waals surface area contributed by atoms with Crippen molar-refractivity contribution in [2.45, 2.75) is 31.8 Å². The number of hydrogen-bond donors (Lipinski definition) is 1. The molecule has 1 aliphatic heterocycles. The van der Waals surface area contributed by atoms with E-state index in [1.54, 1.807) is 0 Å². The van der Waals surface area contributed by atoms with Crippen LogP contribution in [0, 0.1) is 0 Å². The molecule has 0 saturated carbocycles. The molecule has 1 aliphatic rings. The van der Waals surface area contributed by atoms with Gasteiger partial charge in [-0.25, -0.2) is 0 Å². The van der Waals surface area contributed by atoms with Crippen molar-refractivity contribution in [2.24, 2.45) is 0 Å². The summed E-state index contributed by atoms with van der Waals surface area (Å²) >= 11 is 0. The van der Waals surface area contributed by atoms with E-state index >= 15 is 0 Å². The molecule has 5 nitrogen and oxygen atoms in total. The van der Waals surface area contributed by atoms with Crippen LogP contribution in [0.3, 0.4) is 0 Å². The minimum Gasteiger partial charge on any atom is -0.481 e. The van der Waals surface area contributed by atoms with Gasteiger partial charge in [0.15, 0.2) is 0 Å². The fraction of sp³-hybridized carbons (Fsp3) is 0.467. The molecule has 5 heteroatoms. The summed E-state index contributed by atoms with van der Waals surface area (Å²) < 4.78 is 4.82. The number of aliphatic carboxylic acids is 1.